The van der Waals surface area contributed by atoms with E-state index in [1.54, 1.807) is 0 Å². The highest BCUT2D eigenvalue weighted by Crippen LogP contribution is 2.20. The number of hydrogen-bond acceptors (Lipinski definition) is 5. The number of benzene rings is 2. The maximum Gasteiger partial charge on any atom is 0.273 e. The Balaban J connectivity index is 2.10. The van der Waals surface area contributed by atoms with E-state index in [1.807, 2.05) is 0 Å². The number of hydrogen-bond donors (Lipinski definition) is 1. The van der Waals surface area contributed by atoms with E-state index in [0.29, 0.717) is 5.69 Å². The molecule has 0 radical (unpaired) electrons. The summed E-state index contributed by atoms with van der Waals surface area (Å²) < 4.78 is 18.4. The first kappa shape index (κ1) is 18.8. The molecule has 0 unspecified atom stereocenters. The number of ether oxygens (including phenoxy) is 1. The first-order valence-corrected chi connectivity index (χ1v) is 7.58. The summed E-state index contributed by atoms with van der Waals surface area (Å²) in [5.74, 6) is -1.42. The summed E-state index contributed by atoms with van der Waals surface area (Å²) in [7, 11) is 0. The van der Waals surface area contributed by atoms with Crippen LogP contribution in [0.1, 0.15) is 6.42 Å². The Morgan fingerprint density at radius 2 is 1.88 bits per heavy atom. The molecule has 0 aliphatic carbocycles. The van der Waals surface area contributed by atoms with Crippen molar-refractivity contribution in [1.29, 1.82) is 0 Å². The van der Waals surface area contributed by atoms with Crippen molar-refractivity contribution in [2.45, 2.75) is 6.42 Å². The average Bonchev–Trinajstić information content (AvgIpc) is 2.61. The molecule has 2 rings (SSSR count). The molecule has 0 saturated carbocycles. The van der Waals surface area contributed by atoms with E-state index >= 15 is 0 Å². The van der Waals surface area contributed by atoms with E-state index < -0.39 is 29.2 Å². The third-order valence-electron chi connectivity index (χ3n) is 3.41. The van der Waals surface area contributed by atoms with E-state index in [1.165, 1.54) is 53.4 Å². The van der Waals surface area contributed by atoms with Crippen LogP contribution in [0, 0.1) is 15.9 Å². The molecule has 0 bridgehead atoms. The number of amides is 2. The quantitative estimate of drug-likeness (QED) is 0.570. The number of rotatable bonds is 8. The van der Waals surface area contributed by atoms with Gasteiger partial charge in [-0.25, -0.2) is 4.39 Å². The molecule has 2 amide bonds. The number of nitro groups is 1. The molecule has 0 saturated heterocycles. The molecule has 0 aliphatic heterocycles. The molecule has 0 spiro atoms. The lowest BCUT2D eigenvalue weighted by molar-refractivity contribution is -0.384. The Bertz CT molecular complexity index is 810. The number of primary amides is 1. The van der Waals surface area contributed by atoms with Crippen LogP contribution in [0.5, 0.6) is 5.75 Å². The first-order chi connectivity index (χ1) is 12.4. The zero-order valence-corrected chi connectivity index (χ0v) is 13.6. The molecule has 9 heteroatoms. The van der Waals surface area contributed by atoms with Gasteiger partial charge in [-0.05, 0) is 30.3 Å². The van der Waals surface area contributed by atoms with Gasteiger partial charge in [-0.15, -0.1) is 0 Å². The number of anilines is 1. The van der Waals surface area contributed by atoms with E-state index in [0.717, 1.165) is 0 Å². The van der Waals surface area contributed by atoms with E-state index in [-0.39, 0.29) is 24.4 Å². The molecule has 136 valence electrons. The topological polar surface area (TPSA) is 116 Å². The summed E-state index contributed by atoms with van der Waals surface area (Å²) >= 11 is 0. The molecular weight excluding hydrogens is 345 g/mol. The highest BCUT2D eigenvalue weighted by Gasteiger charge is 2.18. The molecular formula is C17H16FN3O5. The fourth-order valence-corrected chi connectivity index (χ4v) is 2.15. The minimum atomic E-state index is -0.593. The van der Waals surface area contributed by atoms with Gasteiger partial charge in [-0.2, -0.15) is 0 Å². The summed E-state index contributed by atoms with van der Waals surface area (Å²) in [6.45, 7) is -0.421. The van der Waals surface area contributed by atoms with Crippen LogP contribution in [0.15, 0.2) is 48.5 Å². The lowest BCUT2D eigenvalue weighted by Crippen LogP contribution is -2.37. The third-order valence-corrected chi connectivity index (χ3v) is 3.41. The summed E-state index contributed by atoms with van der Waals surface area (Å²) in [5, 5.41) is 10.8. The van der Waals surface area contributed by atoms with E-state index in [2.05, 4.69) is 0 Å². The molecule has 0 fully saturated rings. The molecule has 0 heterocycles. The molecule has 2 aromatic carbocycles. The Morgan fingerprint density at radius 1 is 1.19 bits per heavy atom. The second-order valence-electron chi connectivity index (χ2n) is 5.28. The first-order valence-electron chi connectivity index (χ1n) is 7.58. The predicted molar refractivity (Wildman–Crippen MR) is 91.2 cm³/mol. The lowest BCUT2D eigenvalue weighted by Gasteiger charge is -2.22. The van der Waals surface area contributed by atoms with Crippen LogP contribution in [0.25, 0.3) is 0 Å². The van der Waals surface area contributed by atoms with Gasteiger partial charge in [-0.3, -0.25) is 19.7 Å². The molecule has 0 atom stereocenters. The van der Waals surface area contributed by atoms with Crippen LogP contribution in [0.3, 0.4) is 0 Å². The Kier molecular flexibility index (Phi) is 6.20. The smallest absolute Gasteiger partial charge is 0.273 e. The third kappa shape index (κ3) is 5.26. The van der Waals surface area contributed by atoms with Gasteiger partial charge in [0.15, 0.2) is 6.61 Å². The van der Waals surface area contributed by atoms with Gasteiger partial charge < -0.3 is 15.4 Å². The number of nitrogens with two attached hydrogens (primary N) is 1. The number of carbonyl (C=O) groups is 2. The maximum absolute atomic E-state index is 13.1. The minimum Gasteiger partial charge on any atom is -0.483 e. The van der Waals surface area contributed by atoms with Crippen LogP contribution in [-0.4, -0.2) is 29.9 Å². The molecule has 0 aromatic heterocycles. The monoisotopic (exact) mass is 361 g/mol. The van der Waals surface area contributed by atoms with Gasteiger partial charge in [0.2, 0.25) is 5.91 Å². The highest BCUT2D eigenvalue weighted by molar-refractivity contribution is 5.95. The SMILES string of the molecule is NC(=O)CCN(C(=O)COc1cccc([N+](=O)[O-])c1)c1ccc(F)cc1. The van der Waals surface area contributed by atoms with Crippen LogP contribution in [0.2, 0.25) is 0 Å². The summed E-state index contributed by atoms with van der Waals surface area (Å²) in [4.78, 5) is 34.9. The number of non-ortho nitro benzene ring substituents is 1. The Morgan fingerprint density at radius 3 is 2.50 bits per heavy atom. The summed E-state index contributed by atoms with van der Waals surface area (Å²) in [6.07, 6.45) is -0.0834. The zero-order chi connectivity index (χ0) is 19.1. The van der Waals surface area contributed by atoms with Crippen LogP contribution in [0.4, 0.5) is 15.8 Å². The normalized spacial score (nSPS) is 10.2. The molecule has 2 N–H and O–H groups in total. The Hall–Kier alpha value is -3.49. The van der Waals surface area contributed by atoms with Gasteiger partial charge in [0.1, 0.15) is 11.6 Å². The van der Waals surface area contributed by atoms with Crippen LogP contribution < -0.4 is 15.4 Å². The predicted octanol–water partition coefficient (Wildman–Crippen LogP) is 2.02. The second-order valence-corrected chi connectivity index (χ2v) is 5.28. The van der Waals surface area contributed by atoms with Crippen molar-refractivity contribution in [2.24, 2.45) is 5.73 Å². The largest absolute Gasteiger partial charge is 0.483 e. The van der Waals surface area contributed by atoms with Crippen LogP contribution >= 0.6 is 0 Å². The molecule has 2 aromatic rings. The maximum atomic E-state index is 13.1. The van der Waals surface area contributed by atoms with Gasteiger partial charge in [0, 0.05) is 24.7 Å². The molecule has 26 heavy (non-hydrogen) atoms. The van der Waals surface area contributed by atoms with Crippen molar-refractivity contribution in [1.82, 2.24) is 0 Å². The zero-order valence-electron chi connectivity index (χ0n) is 13.6. The van der Waals surface area contributed by atoms with Crippen molar-refractivity contribution < 1.29 is 23.6 Å². The van der Waals surface area contributed by atoms with Crippen molar-refractivity contribution in [3.05, 3.63) is 64.5 Å². The number of carbonyl (C=O) groups excluding carboxylic acids is 2. The molecule has 8 nitrogen and oxygen atoms in total. The van der Waals surface area contributed by atoms with Crippen molar-refractivity contribution in [2.75, 3.05) is 18.1 Å². The summed E-state index contributed by atoms with van der Waals surface area (Å²) in [5.41, 5.74) is 5.33. The molecule has 0 aliphatic rings. The lowest BCUT2D eigenvalue weighted by atomic mass is 10.2. The van der Waals surface area contributed by atoms with Gasteiger partial charge >= 0.3 is 0 Å². The van der Waals surface area contributed by atoms with E-state index in [9.17, 15) is 24.1 Å². The number of halogens is 1. The van der Waals surface area contributed by atoms with Crippen molar-refractivity contribution in [3.8, 4) is 5.75 Å². The summed E-state index contributed by atoms with van der Waals surface area (Å²) in [6, 6.07) is 10.5. The average molecular weight is 361 g/mol. The van der Waals surface area contributed by atoms with Crippen molar-refractivity contribution in [3.63, 3.8) is 0 Å². The van der Waals surface area contributed by atoms with Gasteiger partial charge in [-0.1, -0.05) is 6.07 Å². The van der Waals surface area contributed by atoms with Crippen molar-refractivity contribution >= 4 is 23.2 Å². The number of nitro benzene ring substituents is 1. The fourth-order valence-electron chi connectivity index (χ4n) is 2.15. The van der Waals surface area contributed by atoms with Crippen LogP contribution in [-0.2, 0) is 9.59 Å². The Labute approximate surface area is 148 Å². The van der Waals surface area contributed by atoms with Gasteiger partial charge in [0.25, 0.3) is 11.6 Å². The highest BCUT2D eigenvalue weighted by atomic mass is 19.1. The van der Waals surface area contributed by atoms with Gasteiger partial charge in [0.05, 0.1) is 11.0 Å². The fraction of sp³-hybridized carbons (Fsp3) is 0.176. The standard InChI is InChI=1S/C17H16FN3O5/c18-12-4-6-13(7-5-12)20(9-8-16(19)22)17(23)11-26-15-3-1-2-14(10-15)21(24)25/h1-7,10H,8-9,11H2,(H2,19,22). The van der Waals surface area contributed by atoms with E-state index in [4.69, 9.17) is 10.5 Å². The minimum absolute atomic E-state index is 0.00189. The number of nitrogens with zero attached hydrogens (tertiary/aromatic N) is 2. The second kappa shape index (κ2) is 8.56.